The molecule has 0 radical (unpaired) electrons. The summed E-state index contributed by atoms with van der Waals surface area (Å²) in [6.07, 6.45) is 2.11. The van der Waals surface area contributed by atoms with Gasteiger partial charge in [-0.3, -0.25) is 9.78 Å². The Kier molecular flexibility index (Phi) is 4.26. The van der Waals surface area contributed by atoms with Crippen LogP contribution in [0.25, 0.3) is 0 Å². The highest BCUT2D eigenvalue weighted by Crippen LogP contribution is 2.11. The summed E-state index contributed by atoms with van der Waals surface area (Å²) < 4.78 is 0. The van der Waals surface area contributed by atoms with Crippen molar-refractivity contribution in [3.05, 3.63) is 29.0 Å². The minimum Gasteiger partial charge on any atom is -0.394 e. The van der Waals surface area contributed by atoms with Crippen LogP contribution in [0.3, 0.4) is 0 Å². The summed E-state index contributed by atoms with van der Waals surface area (Å²) in [6, 6.07) is 3.09. The Labute approximate surface area is 99.6 Å². The fourth-order valence-electron chi connectivity index (χ4n) is 1.11. The lowest BCUT2D eigenvalue weighted by Gasteiger charge is -2.26. The highest BCUT2D eigenvalue weighted by Gasteiger charge is 2.24. The van der Waals surface area contributed by atoms with Gasteiger partial charge in [-0.05, 0) is 25.5 Å². The maximum Gasteiger partial charge on any atom is 0.270 e. The van der Waals surface area contributed by atoms with Crippen LogP contribution in [-0.4, -0.2) is 28.1 Å². The first-order chi connectivity index (χ1) is 7.50. The number of nitrogens with zero attached hydrogens (tertiary/aromatic N) is 1. The number of hydrogen-bond acceptors (Lipinski definition) is 3. The number of nitrogens with one attached hydrogen (secondary N) is 1. The first-order valence-electron chi connectivity index (χ1n) is 5.05. The van der Waals surface area contributed by atoms with Crippen molar-refractivity contribution in [3.8, 4) is 0 Å². The minimum atomic E-state index is -0.624. The Bertz CT molecular complexity index is 378. The molecule has 0 saturated heterocycles. The second kappa shape index (κ2) is 5.27. The van der Waals surface area contributed by atoms with Crippen LogP contribution in [0, 0.1) is 0 Å². The molecule has 5 heteroatoms. The third kappa shape index (κ3) is 3.18. The molecule has 4 nitrogen and oxygen atoms in total. The van der Waals surface area contributed by atoms with E-state index in [0.29, 0.717) is 11.4 Å². The van der Waals surface area contributed by atoms with Crippen molar-refractivity contribution in [2.24, 2.45) is 0 Å². The van der Waals surface area contributed by atoms with Gasteiger partial charge < -0.3 is 10.4 Å². The Morgan fingerprint density at radius 3 is 2.88 bits per heavy atom. The number of pyridine rings is 1. The van der Waals surface area contributed by atoms with Gasteiger partial charge >= 0.3 is 0 Å². The van der Waals surface area contributed by atoms with E-state index in [0.717, 1.165) is 0 Å². The summed E-state index contributed by atoms with van der Waals surface area (Å²) in [5.74, 6) is -0.332. The van der Waals surface area contributed by atoms with Crippen LogP contribution < -0.4 is 5.32 Å². The van der Waals surface area contributed by atoms with E-state index in [-0.39, 0.29) is 18.2 Å². The number of aliphatic hydroxyl groups excluding tert-OH is 1. The number of carbonyl (C=O) groups excluding carboxylic acids is 1. The van der Waals surface area contributed by atoms with Crippen molar-refractivity contribution in [3.63, 3.8) is 0 Å². The standard InChI is InChI=1S/C11H15ClN2O2/c1-3-11(2,7-15)14-10(16)9-6-8(12)4-5-13-9/h4-6,15H,3,7H2,1-2H3,(H,14,16). The number of aromatic nitrogens is 1. The van der Waals surface area contributed by atoms with E-state index in [2.05, 4.69) is 10.3 Å². The lowest BCUT2D eigenvalue weighted by molar-refractivity contribution is 0.0842. The van der Waals surface area contributed by atoms with Gasteiger partial charge in [-0.25, -0.2) is 0 Å². The third-order valence-corrected chi connectivity index (χ3v) is 2.73. The molecule has 0 spiro atoms. The Morgan fingerprint density at radius 2 is 2.38 bits per heavy atom. The number of carbonyl (C=O) groups is 1. The first-order valence-corrected chi connectivity index (χ1v) is 5.43. The monoisotopic (exact) mass is 242 g/mol. The zero-order chi connectivity index (χ0) is 12.2. The zero-order valence-corrected chi connectivity index (χ0v) is 10.1. The second-order valence-corrected chi connectivity index (χ2v) is 4.32. The van der Waals surface area contributed by atoms with Crippen LogP contribution in [0.1, 0.15) is 30.8 Å². The smallest absolute Gasteiger partial charge is 0.270 e. The van der Waals surface area contributed by atoms with E-state index in [1.54, 1.807) is 13.0 Å². The topological polar surface area (TPSA) is 62.2 Å². The average molecular weight is 243 g/mol. The van der Waals surface area contributed by atoms with Crippen LogP contribution in [0.2, 0.25) is 5.02 Å². The lowest BCUT2D eigenvalue weighted by Crippen LogP contribution is -2.48. The van der Waals surface area contributed by atoms with E-state index >= 15 is 0 Å². The summed E-state index contributed by atoms with van der Waals surface area (Å²) in [6.45, 7) is 3.55. The number of rotatable bonds is 4. The molecule has 0 aliphatic carbocycles. The number of amides is 1. The van der Waals surface area contributed by atoms with Gasteiger partial charge in [0.05, 0.1) is 12.1 Å². The number of aliphatic hydroxyl groups is 1. The van der Waals surface area contributed by atoms with E-state index in [4.69, 9.17) is 11.6 Å². The SMILES string of the molecule is CCC(C)(CO)NC(=O)c1cc(Cl)ccn1. The molecule has 16 heavy (non-hydrogen) atoms. The van der Waals surface area contributed by atoms with Crippen molar-refractivity contribution < 1.29 is 9.90 Å². The van der Waals surface area contributed by atoms with Crippen molar-refractivity contribution in [1.82, 2.24) is 10.3 Å². The molecule has 1 atom stereocenters. The molecule has 1 rings (SSSR count). The fourth-order valence-corrected chi connectivity index (χ4v) is 1.27. The van der Waals surface area contributed by atoms with Crippen molar-refractivity contribution in [2.45, 2.75) is 25.8 Å². The van der Waals surface area contributed by atoms with Gasteiger partial charge in [-0.2, -0.15) is 0 Å². The summed E-state index contributed by atoms with van der Waals surface area (Å²) in [7, 11) is 0. The molecule has 1 aromatic heterocycles. The predicted octanol–water partition coefficient (Wildman–Crippen LogP) is 1.63. The molecule has 0 aromatic carbocycles. The molecule has 1 heterocycles. The molecule has 1 unspecified atom stereocenters. The normalized spacial score (nSPS) is 14.2. The van der Waals surface area contributed by atoms with Gasteiger partial charge in [0.15, 0.2) is 0 Å². The maximum absolute atomic E-state index is 11.8. The Morgan fingerprint density at radius 1 is 1.69 bits per heavy atom. The van der Waals surface area contributed by atoms with Crippen LogP contribution >= 0.6 is 11.6 Å². The van der Waals surface area contributed by atoms with Gasteiger partial charge in [0.25, 0.3) is 5.91 Å². The highest BCUT2D eigenvalue weighted by molar-refractivity contribution is 6.30. The molecule has 0 saturated carbocycles. The third-order valence-electron chi connectivity index (χ3n) is 2.50. The fraction of sp³-hybridized carbons (Fsp3) is 0.455. The van der Waals surface area contributed by atoms with Gasteiger partial charge in [0.2, 0.25) is 0 Å². The van der Waals surface area contributed by atoms with Gasteiger partial charge in [0.1, 0.15) is 5.69 Å². The van der Waals surface area contributed by atoms with Gasteiger partial charge in [-0.15, -0.1) is 0 Å². The van der Waals surface area contributed by atoms with Crippen LogP contribution in [0.15, 0.2) is 18.3 Å². The quantitative estimate of drug-likeness (QED) is 0.844. The van der Waals surface area contributed by atoms with Crippen molar-refractivity contribution in [1.29, 1.82) is 0 Å². The van der Waals surface area contributed by atoms with Gasteiger partial charge in [0, 0.05) is 11.2 Å². The number of halogens is 1. The molecule has 1 aromatic rings. The summed E-state index contributed by atoms with van der Waals surface area (Å²) >= 11 is 5.76. The molecule has 0 fully saturated rings. The molecule has 0 bridgehead atoms. The van der Waals surface area contributed by atoms with Crippen LogP contribution in [0.4, 0.5) is 0 Å². The Hall–Kier alpha value is -1.13. The summed E-state index contributed by atoms with van der Waals surface area (Å²) in [4.78, 5) is 15.7. The second-order valence-electron chi connectivity index (χ2n) is 3.89. The van der Waals surface area contributed by atoms with Crippen molar-refractivity contribution in [2.75, 3.05) is 6.61 Å². The van der Waals surface area contributed by atoms with E-state index in [9.17, 15) is 9.90 Å². The van der Waals surface area contributed by atoms with Crippen molar-refractivity contribution >= 4 is 17.5 Å². The van der Waals surface area contributed by atoms with Crippen LogP contribution in [0.5, 0.6) is 0 Å². The lowest BCUT2D eigenvalue weighted by atomic mass is 10.00. The minimum absolute atomic E-state index is 0.115. The zero-order valence-electron chi connectivity index (χ0n) is 9.33. The molecule has 1 amide bonds. The molecule has 88 valence electrons. The highest BCUT2D eigenvalue weighted by atomic mass is 35.5. The predicted molar refractivity (Wildman–Crippen MR) is 62.5 cm³/mol. The van der Waals surface area contributed by atoms with E-state index in [1.807, 2.05) is 6.92 Å². The molecular formula is C11H15ClN2O2. The first kappa shape index (κ1) is 12.9. The molecule has 0 aliphatic rings. The van der Waals surface area contributed by atoms with E-state index in [1.165, 1.54) is 12.3 Å². The van der Waals surface area contributed by atoms with Gasteiger partial charge in [-0.1, -0.05) is 18.5 Å². The number of hydrogen-bond donors (Lipinski definition) is 2. The van der Waals surface area contributed by atoms with Crippen LogP contribution in [-0.2, 0) is 0 Å². The average Bonchev–Trinajstić information content (AvgIpc) is 2.29. The van der Waals surface area contributed by atoms with E-state index < -0.39 is 5.54 Å². The molecule has 0 aliphatic heterocycles. The summed E-state index contributed by atoms with van der Waals surface area (Å²) in [5, 5.41) is 12.4. The maximum atomic E-state index is 11.8. The summed E-state index contributed by atoms with van der Waals surface area (Å²) in [5.41, 5.74) is -0.373. The molecule has 2 N–H and O–H groups in total. The Balaban J connectivity index is 2.80. The largest absolute Gasteiger partial charge is 0.394 e. The molecular weight excluding hydrogens is 228 g/mol.